The second kappa shape index (κ2) is 5.85. The van der Waals surface area contributed by atoms with E-state index in [-0.39, 0.29) is 35.2 Å². The maximum Gasteiger partial charge on any atom is 0.296 e. The number of nitro groups is 1. The molecule has 0 spiro atoms. The van der Waals surface area contributed by atoms with Gasteiger partial charge in [-0.1, -0.05) is 11.6 Å². The van der Waals surface area contributed by atoms with Crippen LogP contribution in [0.2, 0.25) is 5.02 Å². The van der Waals surface area contributed by atoms with Gasteiger partial charge in [-0.3, -0.25) is 30.7 Å². The second-order valence-electron chi connectivity index (χ2n) is 3.48. The maximum absolute atomic E-state index is 10.9. The number of benzene rings is 1. The van der Waals surface area contributed by atoms with E-state index in [1.54, 1.807) is 13.8 Å². The van der Waals surface area contributed by atoms with Crippen LogP contribution in [0, 0.1) is 10.1 Å². The monoisotopic (exact) mass is 275 g/mol. The largest absolute Gasteiger partial charge is 0.296 e. The van der Waals surface area contributed by atoms with Crippen LogP contribution in [0.4, 0.5) is 17.1 Å². The van der Waals surface area contributed by atoms with E-state index in [1.807, 2.05) is 0 Å². The Morgan fingerprint density at radius 3 is 2.17 bits per heavy atom. The van der Waals surface area contributed by atoms with Crippen LogP contribution in [0.25, 0.3) is 0 Å². The Hall–Kier alpha value is -1.57. The van der Waals surface area contributed by atoms with E-state index in [2.05, 4.69) is 0 Å². The van der Waals surface area contributed by atoms with E-state index in [4.69, 9.17) is 11.6 Å². The maximum atomic E-state index is 10.9. The first-order chi connectivity index (χ1) is 8.42. The van der Waals surface area contributed by atoms with Crippen LogP contribution in [0.1, 0.15) is 13.8 Å². The van der Waals surface area contributed by atoms with Gasteiger partial charge < -0.3 is 0 Å². The Balaban J connectivity index is 3.40. The summed E-state index contributed by atoms with van der Waals surface area (Å²) in [6.45, 7) is 3.75. The van der Waals surface area contributed by atoms with Crippen molar-refractivity contribution < 1.29 is 15.3 Å². The summed E-state index contributed by atoms with van der Waals surface area (Å²) in [4.78, 5) is 10.2. The third-order valence-electron chi connectivity index (χ3n) is 2.40. The highest BCUT2D eigenvalue weighted by molar-refractivity contribution is 6.33. The normalized spacial score (nSPS) is 10.3. The van der Waals surface area contributed by atoms with Crippen molar-refractivity contribution in [3.63, 3.8) is 0 Å². The van der Waals surface area contributed by atoms with Crippen molar-refractivity contribution in [3.8, 4) is 0 Å². The highest BCUT2D eigenvalue weighted by Gasteiger charge is 2.22. The summed E-state index contributed by atoms with van der Waals surface area (Å²) in [6.07, 6.45) is 0. The lowest BCUT2D eigenvalue weighted by molar-refractivity contribution is -0.384. The predicted octanol–water partition coefficient (Wildman–Crippen LogP) is 2.68. The zero-order chi connectivity index (χ0) is 13.9. The van der Waals surface area contributed by atoms with E-state index in [9.17, 15) is 20.5 Å². The average molecular weight is 276 g/mol. The molecule has 1 rings (SSSR count). The van der Waals surface area contributed by atoms with Gasteiger partial charge in [-0.05, 0) is 19.9 Å². The standard InChI is InChI=1S/C10H14ClN3O4/c1-3-12(15)8-6-9(13(16)4-2)10(14(17)18)5-7(8)11/h5-6,15-16H,3-4H2,1-2H3. The zero-order valence-electron chi connectivity index (χ0n) is 10.00. The first-order valence-corrected chi connectivity index (χ1v) is 5.70. The molecule has 0 aliphatic heterocycles. The summed E-state index contributed by atoms with van der Waals surface area (Å²) >= 11 is 5.86. The smallest absolute Gasteiger partial charge is 0.288 e. The SMILES string of the molecule is CCN(O)c1cc(N(O)CC)c([N+](=O)[O-])cc1Cl. The molecular weight excluding hydrogens is 262 g/mol. The predicted molar refractivity (Wildman–Crippen MR) is 67.7 cm³/mol. The minimum Gasteiger partial charge on any atom is -0.288 e. The molecule has 0 unspecified atom stereocenters. The lowest BCUT2D eigenvalue weighted by atomic mass is 10.2. The third-order valence-corrected chi connectivity index (χ3v) is 2.70. The van der Waals surface area contributed by atoms with Crippen LogP contribution in [-0.4, -0.2) is 28.4 Å². The number of hydroxylamine groups is 2. The van der Waals surface area contributed by atoms with Gasteiger partial charge in [0, 0.05) is 19.2 Å². The van der Waals surface area contributed by atoms with Crippen LogP contribution in [0.3, 0.4) is 0 Å². The minimum atomic E-state index is -0.641. The van der Waals surface area contributed by atoms with Gasteiger partial charge in [0.1, 0.15) is 5.69 Å². The Morgan fingerprint density at radius 1 is 1.22 bits per heavy atom. The molecule has 0 fully saturated rings. The van der Waals surface area contributed by atoms with Gasteiger partial charge in [0.2, 0.25) is 0 Å². The molecule has 0 aromatic heterocycles. The summed E-state index contributed by atoms with van der Waals surface area (Å²) in [5.41, 5.74) is -0.140. The minimum absolute atomic E-state index is 0.0191. The molecule has 0 radical (unpaired) electrons. The van der Waals surface area contributed by atoms with Crippen LogP contribution >= 0.6 is 11.6 Å². The molecule has 0 aliphatic rings. The van der Waals surface area contributed by atoms with Gasteiger partial charge in [-0.15, -0.1) is 0 Å². The van der Waals surface area contributed by atoms with E-state index in [0.29, 0.717) is 0 Å². The highest BCUT2D eigenvalue weighted by Crippen LogP contribution is 2.37. The van der Waals surface area contributed by atoms with E-state index >= 15 is 0 Å². The first-order valence-electron chi connectivity index (χ1n) is 5.33. The summed E-state index contributed by atoms with van der Waals surface area (Å²) in [7, 11) is 0. The Kier molecular flexibility index (Phi) is 4.71. The molecule has 1 aromatic rings. The number of anilines is 2. The second-order valence-corrected chi connectivity index (χ2v) is 3.89. The molecule has 8 heteroatoms. The van der Waals surface area contributed by atoms with Crippen LogP contribution in [0.15, 0.2) is 12.1 Å². The molecule has 100 valence electrons. The molecule has 0 amide bonds. The third kappa shape index (κ3) is 2.81. The number of hydrogen-bond acceptors (Lipinski definition) is 6. The molecule has 0 saturated heterocycles. The fourth-order valence-corrected chi connectivity index (χ4v) is 1.69. The van der Waals surface area contributed by atoms with Crippen molar-refractivity contribution >= 4 is 28.7 Å². The summed E-state index contributed by atoms with van der Waals surface area (Å²) < 4.78 is 0. The van der Waals surface area contributed by atoms with Gasteiger partial charge in [-0.2, -0.15) is 0 Å². The fourth-order valence-electron chi connectivity index (χ4n) is 1.43. The fraction of sp³-hybridized carbons (Fsp3) is 0.400. The lowest BCUT2D eigenvalue weighted by Crippen LogP contribution is -2.21. The van der Waals surface area contributed by atoms with Crippen molar-refractivity contribution in [2.45, 2.75) is 13.8 Å². The zero-order valence-corrected chi connectivity index (χ0v) is 10.8. The molecular formula is C10H14ClN3O4. The van der Waals surface area contributed by atoms with Crippen molar-refractivity contribution in [1.82, 2.24) is 0 Å². The van der Waals surface area contributed by atoms with Crippen LogP contribution < -0.4 is 10.1 Å². The van der Waals surface area contributed by atoms with Gasteiger partial charge in [0.05, 0.1) is 15.6 Å². The lowest BCUT2D eigenvalue weighted by Gasteiger charge is -2.20. The molecule has 7 nitrogen and oxygen atoms in total. The van der Waals surface area contributed by atoms with Crippen LogP contribution in [-0.2, 0) is 0 Å². The molecule has 0 bridgehead atoms. The summed E-state index contributed by atoms with van der Waals surface area (Å²) in [5.74, 6) is 0. The highest BCUT2D eigenvalue weighted by atomic mass is 35.5. The van der Waals surface area contributed by atoms with E-state index in [1.165, 1.54) is 6.07 Å². The van der Waals surface area contributed by atoms with Crippen molar-refractivity contribution in [3.05, 3.63) is 27.3 Å². The number of nitro benzene ring substituents is 1. The number of hydrogen-bond donors (Lipinski definition) is 2. The molecule has 0 saturated carbocycles. The van der Waals surface area contributed by atoms with Gasteiger partial charge in [0.15, 0.2) is 0 Å². The number of rotatable bonds is 5. The molecule has 0 heterocycles. The molecule has 18 heavy (non-hydrogen) atoms. The van der Waals surface area contributed by atoms with Gasteiger partial charge in [-0.25, -0.2) is 0 Å². The van der Waals surface area contributed by atoms with Crippen molar-refractivity contribution in [2.75, 3.05) is 23.2 Å². The molecule has 1 aromatic carbocycles. The molecule has 2 N–H and O–H groups in total. The quantitative estimate of drug-likeness (QED) is 0.634. The Labute approximate surface area is 109 Å². The first kappa shape index (κ1) is 14.5. The van der Waals surface area contributed by atoms with E-state index < -0.39 is 4.92 Å². The summed E-state index contributed by atoms with van der Waals surface area (Å²) in [6, 6.07) is 2.37. The number of halogens is 1. The molecule has 0 atom stereocenters. The summed E-state index contributed by atoms with van der Waals surface area (Å²) in [5, 5.41) is 31.7. The Morgan fingerprint density at radius 2 is 1.72 bits per heavy atom. The molecule has 0 aliphatic carbocycles. The van der Waals surface area contributed by atoms with Gasteiger partial charge >= 0.3 is 0 Å². The van der Waals surface area contributed by atoms with Crippen molar-refractivity contribution in [2.24, 2.45) is 0 Å². The van der Waals surface area contributed by atoms with E-state index in [0.717, 1.165) is 16.2 Å². The Bertz CT molecular complexity index is 455. The van der Waals surface area contributed by atoms with Gasteiger partial charge in [0.25, 0.3) is 5.69 Å². The van der Waals surface area contributed by atoms with Crippen LogP contribution in [0.5, 0.6) is 0 Å². The number of nitrogens with zero attached hydrogens (tertiary/aromatic N) is 3. The average Bonchev–Trinajstić information content (AvgIpc) is 2.36. The van der Waals surface area contributed by atoms with Crippen molar-refractivity contribution in [1.29, 1.82) is 0 Å². The topological polar surface area (TPSA) is 90.1 Å².